The molecule has 1 aliphatic carbocycles. The molecule has 2 fully saturated rings. The maximum Gasteiger partial charge on any atom is 0.261 e. The standard InChI is InChI=1S/C24H32N4O3S/c1-17-7-9-21(15-18(17)2)32(30,31)27-22-16-19(24(29)26-20-5-3-4-6-20)8-10-23(22)28-13-11-25-12-14-28/h7-10,15-16,20,25,27H,3-6,11-14H2,1-2H3,(H,26,29). The maximum atomic E-state index is 13.2. The summed E-state index contributed by atoms with van der Waals surface area (Å²) in [5.41, 5.74) is 3.64. The van der Waals surface area contributed by atoms with Crippen molar-refractivity contribution in [2.75, 3.05) is 35.8 Å². The molecule has 7 nitrogen and oxygen atoms in total. The summed E-state index contributed by atoms with van der Waals surface area (Å²) in [7, 11) is -3.80. The number of benzene rings is 2. The fourth-order valence-electron chi connectivity index (χ4n) is 4.36. The van der Waals surface area contributed by atoms with E-state index in [1.807, 2.05) is 26.0 Å². The number of rotatable bonds is 6. The van der Waals surface area contributed by atoms with E-state index >= 15 is 0 Å². The summed E-state index contributed by atoms with van der Waals surface area (Å²) >= 11 is 0. The third-order valence-corrected chi connectivity index (χ3v) is 7.80. The highest BCUT2D eigenvalue weighted by atomic mass is 32.2. The molecule has 2 aromatic rings. The van der Waals surface area contributed by atoms with Crippen molar-refractivity contribution >= 4 is 27.3 Å². The van der Waals surface area contributed by atoms with Crippen LogP contribution >= 0.6 is 0 Å². The summed E-state index contributed by atoms with van der Waals surface area (Å²) in [6, 6.07) is 10.6. The zero-order chi connectivity index (χ0) is 22.7. The first kappa shape index (κ1) is 22.6. The Bertz CT molecular complexity index is 1090. The SMILES string of the molecule is Cc1ccc(S(=O)(=O)Nc2cc(C(=O)NC3CCCC3)ccc2N2CCNCC2)cc1C. The van der Waals surface area contributed by atoms with E-state index in [1.54, 1.807) is 24.3 Å². The van der Waals surface area contributed by atoms with E-state index in [4.69, 9.17) is 0 Å². The molecule has 32 heavy (non-hydrogen) atoms. The van der Waals surface area contributed by atoms with E-state index in [1.165, 1.54) is 0 Å². The van der Waals surface area contributed by atoms with E-state index in [2.05, 4.69) is 20.3 Å². The van der Waals surface area contributed by atoms with Crippen molar-refractivity contribution in [3.05, 3.63) is 53.1 Å². The number of hydrogen-bond donors (Lipinski definition) is 3. The Morgan fingerprint density at radius 1 is 1.00 bits per heavy atom. The summed E-state index contributed by atoms with van der Waals surface area (Å²) in [5.74, 6) is -0.157. The van der Waals surface area contributed by atoms with E-state index in [0.717, 1.165) is 68.7 Å². The minimum atomic E-state index is -3.80. The molecule has 4 rings (SSSR count). The smallest absolute Gasteiger partial charge is 0.261 e. The van der Waals surface area contributed by atoms with Gasteiger partial charge in [0.25, 0.3) is 15.9 Å². The van der Waals surface area contributed by atoms with Gasteiger partial charge in [0, 0.05) is 37.8 Å². The molecule has 1 amide bonds. The molecule has 2 aliphatic rings. The van der Waals surface area contributed by atoms with Crippen molar-refractivity contribution in [2.24, 2.45) is 0 Å². The van der Waals surface area contributed by atoms with Crippen LogP contribution in [-0.4, -0.2) is 46.5 Å². The first-order chi connectivity index (χ1) is 15.3. The van der Waals surface area contributed by atoms with Crippen LogP contribution in [0.4, 0.5) is 11.4 Å². The molecule has 1 heterocycles. The van der Waals surface area contributed by atoms with Crippen LogP contribution in [0.2, 0.25) is 0 Å². The van der Waals surface area contributed by atoms with Crippen molar-refractivity contribution in [3.8, 4) is 0 Å². The van der Waals surface area contributed by atoms with Crippen LogP contribution in [0.15, 0.2) is 41.3 Å². The Kier molecular flexibility index (Phi) is 6.71. The van der Waals surface area contributed by atoms with Gasteiger partial charge in [-0.3, -0.25) is 9.52 Å². The Labute approximate surface area is 190 Å². The van der Waals surface area contributed by atoms with Crippen LogP contribution < -0.4 is 20.3 Å². The number of nitrogens with one attached hydrogen (secondary N) is 3. The molecule has 1 aliphatic heterocycles. The van der Waals surface area contributed by atoms with Gasteiger partial charge in [0.05, 0.1) is 16.3 Å². The monoisotopic (exact) mass is 456 g/mol. The number of hydrogen-bond acceptors (Lipinski definition) is 5. The number of anilines is 2. The number of piperazine rings is 1. The molecule has 0 spiro atoms. The molecule has 3 N–H and O–H groups in total. The lowest BCUT2D eigenvalue weighted by Crippen LogP contribution is -2.43. The number of aryl methyl sites for hydroxylation is 2. The quantitative estimate of drug-likeness (QED) is 0.621. The minimum absolute atomic E-state index is 0.157. The normalized spacial score (nSPS) is 17.4. The van der Waals surface area contributed by atoms with Crippen molar-refractivity contribution in [3.63, 3.8) is 0 Å². The van der Waals surface area contributed by atoms with E-state index in [9.17, 15) is 13.2 Å². The zero-order valence-corrected chi connectivity index (χ0v) is 19.6. The van der Waals surface area contributed by atoms with Gasteiger partial charge in [-0.05, 0) is 68.1 Å². The number of carbonyl (C=O) groups is 1. The van der Waals surface area contributed by atoms with Crippen molar-refractivity contribution in [1.82, 2.24) is 10.6 Å². The summed E-state index contributed by atoms with van der Waals surface area (Å²) in [5, 5.41) is 6.40. The van der Waals surface area contributed by atoms with Crippen LogP contribution in [-0.2, 0) is 10.0 Å². The summed E-state index contributed by atoms with van der Waals surface area (Å²) in [4.78, 5) is 15.2. The third kappa shape index (κ3) is 5.07. The van der Waals surface area contributed by atoms with Crippen molar-refractivity contribution in [2.45, 2.75) is 50.5 Å². The number of carbonyl (C=O) groups excluding carboxylic acids is 1. The topological polar surface area (TPSA) is 90.5 Å². The van der Waals surface area contributed by atoms with Gasteiger partial charge in [-0.25, -0.2) is 8.42 Å². The number of amides is 1. The predicted molar refractivity (Wildman–Crippen MR) is 128 cm³/mol. The number of nitrogens with zero attached hydrogens (tertiary/aromatic N) is 1. The number of sulfonamides is 1. The molecule has 8 heteroatoms. The van der Waals surface area contributed by atoms with Crippen LogP contribution in [0.1, 0.15) is 47.2 Å². The van der Waals surface area contributed by atoms with Crippen LogP contribution in [0.25, 0.3) is 0 Å². The summed E-state index contributed by atoms with van der Waals surface area (Å²) in [6.45, 7) is 7.04. The minimum Gasteiger partial charge on any atom is -0.367 e. The highest BCUT2D eigenvalue weighted by Gasteiger charge is 2.23. The van der Waals surface area contributed by atoms with Gasteiger partial charge in [0.15, 0.2) is 0 Å². The molecule has 172 valence electrons. The second-order valence-corrected chi connectivity index (χ2v) is 10.5. The average Bonchev–Trinajstić information content (AvgIpc) is 3.29. The van der Waals surface area contributed by atoms with Gasteiger partial charge in [0.2, 0.25) is 0 Å². The van der Waals surface area contributed by atoms with E-state index < -0.39 is 10.0 Å². The lowest BCUT2D eigenvalue weighted by Gasteiger charge is -2.31. The van der Waals surface area contributed by atoms with Gasteiger partial charge in [-0.15, -0.1) is 0 Å². The molecule has 2 aromatic carbocycles. The Morgan fingerprint density at radius 2 is 1.72 bits per heavy atom. The van der Waals surface area contributed by atoms with Crippen LogP contribution in [0.3, 0.4) is 0 Å². The third-order valence-electron chi connectivity index (χ3n) is 6.44. The molecular formula is C24H32N4O3S. The van der Waals surface area contributed by atoms with Crippen molar-refractivity contribution < 1.29 is 13.2 Å². The lowest BCUT2D eigenvalue weighted by atomic mass is 10.1. The predicted octanol–water partition coefficient (Wildman–Crippen LogP) is 3.19. The van der Waals surface area contributed by atoms with Gasteiger partial charge < -0.3 is 15.5 Å². The molecular weight excluding hydrogens is 424 g/mol. The summed E-state index contributed by atoms with van der Waals surface area (Å²) < 4.78 is 29.2. The average molecular weight is 457 g/mol. The van der Waals surface area contributed by atoms with Gasteiger partial charge >= 0.3 is 0 Å². The Morgan fingerprint density at radius 3 is 2.41 bits per heavy atom. The van der Waals surface area contributed by atoms with Gasteiger partial charge in [0.1, 0.15) is 0 Å². The first-order valence-electron chi connectivity index (χ1n) is 11.3. The molecule has 0 bridgehead atoms. The highest BCUT2D eigenvalue weighted by Crippen LogP contribution is 2.30. The van der Waals surface area contributed by atoms with E-state index in [-0.39, 0.29) is 16.8 Å². The highest BCUT2D eigenvalue weighted by molar-refractivity contribution is 7.92. The molecule has 1 saturated heterocycles. The Balaban J connectivity index is 1.66. The van der Waals surface area contributed by atoms with Crippen LogP contribution in [0, 0.1) is 13.8 Å². The summed E-state index contributed by atoms with van der Waals surface area (Å²) in [6.07, 6.45) is 4.26. The largest absolute Gasteiger partial charge is 0.367 e. The fraction of sp³-hybridized carbons (Fsp3) is 0.458. The van der Waals surface area contributed by atoms with Crippen molar-refractivity contribution in [1.29, 1.82) is 0 Å². The fourth-order valence-corrected chi connectivity index (χ4v) is 5.51. The second kappa shape index (κ2) is 9.50. The lowest BCUT2D eigenvalue weighted by molar-refractivity contribution is 0.0938. The second-order valence-electron chi connectivity index (χ2n) is 8.78. The molecule has 0 unspecified atom stereocenters. The van der Waals surface area contributed by atoms with E-state index in [0.29, 0.717) is 11.3 Å². The molecule has 0 aromatic heterocycles. The molecule has 1 saturated carbocycles. The molecule has 0 radical (unpaired) electrons. The van der Waals surface area contributed by atoms with Gasteiger partial charge in [-0.2, -0.15) is 0 Å². The maximum absolute atomic E-state index is 13.2. The molecule has 0 atom stereocenters. The Hall–Kier alpha value is -2.58. The zero-order valence-electron chi connectivity index (χ0n) is 18.8. The van der Waals surface area contributed by atoms with Gasteiger partial charge in [-0.1, -0.05) is 18.9 Å². The first-order valence-corrected chi connectivity index (χ1v) is 12.8. The van der Waals surface area contributed by atoms with Crippen LogP contribution in [0.5, 0.6) is 0 Å².